The molecule has 0 aliphatic rings. The summed E-state index contributed by atoms with van der Waals surface area (Å²) in [5, 5.41) is 4.93. The van der Waals surface area contributed by atoms with Gasteiger partial charge in [0, 0.05) is 53.3 Å². The van der Waals surface area contributed by atoms with E-state index in [2.05, 4.69) is 174 Å². The van der Waals surface area contributed by atoms with Gasteiger partial charge in [-0.25, -0.2) is 9.97 Å². The number of hydrogen-bond donors (Lipinski definition) is 0. The number of nitrogens with zero attached hydrogens (tertiary/aromatic N) is 3. The van der Waals surface area contributed by atoms with Gasteiger partial charge in [-0.15, -0.1) is 11.3 Å². The molecule has 0 saturated carbocycles. The fourth-order valence-corrected chi connectivity index (χ4v) is 8.46. The summed E-state index contributed by atoms with van der Waals surface area (Å²) in [7, 11) is 0. The van der Waals surface area contributed by atoms with Gasteiger partial charge < -0.3 is 4.57 Å². The Hall–Kier alpha value is -6.36. The highest BCUT2D eigenvalue weighted by Crippen LogP contribution is 2.43. The Labute approximate surface area is 293 Å². The van der Waals surface area contributed by atoms with Crippen molar-refractivity contribution >= 4 is 53.3 Å². The van der Waals surface area contributed by atoms with E-state index >= 15 is 0 Å². The number of thiophene rings is 1. The molecule has 0 aliphatic carbocycles. The van der Waals surface area contributed by atoms with Crippen LogP contribution in [0.1, 0.15) is 0 Å². The molecular weight excluding hydrogens is 627 g/mol. The van der Waals surface area contributed by atoms with Crippen molar-refractivity contribution in [2.45, 2.75) is 0 Å². The molecule has 0 radical (unpaired) electrons. The van der Waals surface area contributed by atoms with Crippen LogP contribution < -0.4 is 0 Å². The molecule has 234 valence electrons. The summed E-state index contributed by atoms with van der Waals surface area (Å²) in [5.74, 6) is 0.714. The third kappa shape index (κ3) is 4.73. The van der Waals surface area contributed by atoms with Crippen LogP contribution in [-0.2, 0) is 0 Å². The minimum atomic E-state index is 0.714. The molecule has 4 heteroatoms. The first kappa shape index (κ1) is 28.6. The van der Waals surface area contributed by atoms with Crippen LogP contribution in [-0.4, -0.2) is 14.5 Å². The lowest BCUT2D eigenvalue weighted by Gasteiger charge is -2.14. The summed E-state index contributed by atoms with van der Waals surface area (Å²) < 4.78 is 4.83. The van der Waals surface area contributed by atoms with Crippen molar-refractivity contribution in [3.8, 4) is 50.7 Å². The van der Waals surface area contributed by atoms with E-state index in [9.17, 15) is 0 Å². The highest BCUT2D eigenvalue weighted by atomic mass is 32.1. The van der Waals surface area contributed by atoms with E-state index in [0.29, 0.717) is 5.82 Å². The molecule has 0 N–H and O–H groups in total. The predicted octanol–water partition coefficient (Wildman–Crippen LogP) is 12.6. The number of rotatable bonds is 5. The smallest absolute Gasteiger partial charge is 0.161 e. The van der Waals surface area contributed by atoms with Crippen molar-refractivity contribution in [3.63, 3.8) is 0 Å². The molecule has 3 aromatic heterocycles. The van der Waals surface area contributed by atoms with Crippen LogP contribution in [0.25, 0.3) is 92.7 Å². The first-order valence-electron chi connectivity index (χ1n) is 16.8. The Morgan fingerprint density at radius 1 is 0.400 bits per heavy atom. The second-order valence-corrected chi connectivity index (χ2v) is 13.7. The highest BCUT2D eigenvalue weighted by molar-refractivity contribution is 7.26. The molecule has 0 amide bonds. The summed E-state index contributed by atoms with van der Waals surface area (Å²) in [5.41, 5.74) is 10.7. The van der Waals surface area contributed by atoms with E-state index < -0.39 is 0 Å². The molecule has 0 unspecified atom stereocenters. The first-order valence-corrected chi connectivity index (χ1v) is 17.6. The second-order valence-electron chi connectivity index (χ2n) is 12.6. The summed E-state index contributed by atoms with van der Waals surface area (Å²) in [4.78, 5) is 10.7. The lowest BCUT2D eigenvalue weighted by atomic mass is 10.0. The van der Waals surface area contributed by atoms with E-state index in [4.69, 9.17) is 9.97 Å². The second kappa shape index (κ2) is 11.7. The van der Waals surface area contributed by atoms with Gasteiger partial charge in [0.2, 0.25) is 0 Å². The minimum Gasteiger partial charge on any atom is -0.309 e. The van der Waals surface area contributed by atoms with Crippen LogP contribution in [0.5, 0.6) is 0 Å². The molecule has 0 bridgehead atoms. The predicted molar refractivity (Wildman–Crippen MR) is 211 cm³/mol. The maximum Gasteiger partial charge on any atom is 0.161 e. The van der Waals surface area contributed by atoms with Crippen molar-refractivity contribution in [2.75, 3.05) is 0 Å². The Morgan fingerprint density at radius 2 is 0.960 bits per heavy atom. The number of benzene rings is 7. The van der Waals surface area contributed by atoms with Crippen LogP contribution in [0.4, 0.5) is 0 Å². The average Bonchev–Trinajstić information content (AvgIpc) is 3.74. The van der Waals surface area contributed by atoms with Gasteiger partial charge in [0.1, 0.15) is 0 Å². The van der Waals surface area contributed by atoms with E-state index in [1.807, 2.05) is 17.4 Å². The number of hydrogen-bond acceptors (Lipinski definition) is 3. The van der Waals surface area contributed by atoms with Gasteiger partial charge in [0.15, 0.2) is 5.82 Å². The zero-order valence-corrected chi connectivity index (χ0v) is 27.8. The van der Waals surface area contributed by atoms with Crippen molar-refractivity contribution < 1.29 is 0 Å². The van der Waals surface area contributed by atoms with E-state index in [0.717, 1.165) is 39.3 Å². The molecule has 0 fully saturated rings. The van der Waals surface area contributed by atoms with Crippen LogP contribution in [0.15, 0.2) is 176 Å². The third-order valence-corrected chi connectivity index (χ3v) is 10.8. The van der Waals surface area contributed by atoms with Crippen LogP contribution in [0.2, 0.25) is 0 Å². The Morgan fingerprint density at radius 3 is 1.68 bits per heavy atom. The van der Waals surface area contributed by atoms with Gasteiger partial charge in [0.05, 0.1) is 22.4 Å². The summed E-state index contributed by atoms with van der Waals surface area (Å²) >= 11 is 1.81. The van der Waals surface area contributed by atoms with Crippen molar-refractivity contribution in [3.05, 3.63) is 176 Å². The van der Waals surface area contributed by atoms with E-state index in [1.54, 1.807) is 0 Å². The normalized spacial score (nSPS) is 11.6. The minimum absolute atomic E-state index is 0.714. The number of aromatic nitrogens is 3. The number of para-hydroxylation sites is 2. The molecule has 10 aromatic rings. The maximum atomic E-state index is 5.39. The maximum absolute atomic E-state index is 5.39. The Kier molecular flexibility index (Phi) is 6.68. The topological polar surface area (TPSA) is 30.7 Å². The number of fused-ring (bicyclic) bond motifs is 6. The van der Waals surface area contributed by atoms with Crippen LogP contribution in [0.3, 0.4) is 0 Å². The zero-order valence-electron chi connectivity index (χ0n) is 27.0. The van der Waals surface area contributed by atoms with Crippen molar-refractivity contribution in [1.29, 1.82) is 0 Å². The third-order valence-electron chi connectivity index (χ3n) is 9.60. The van der Waals surface area contributed by atoms with Crippen molar-refractivity contribution in [2.24, 2.45) is 0 Å². The SMILES string of the molecule is c1ccc(-c2cccc(-c3cc(-c4ccccc4)nc(-c4cc(-n5c6ccccc6c6ccccc65)cc5c4sc4ccccc45)n3)c2)cc1. The zero-order chi connectivity index (χ0) is 33.0. The Bertz CT molecular complexity index is 2810. The lowest BCUT2D eigenvalue weighted by molar-refractivity contribution is 1.17. The first-order chi connectivity index (χ1) is 24.8. The van der Waals surface area contributed by atoms with E-state index in [-0.39, 0.29) is 0 Å². The van der Waals surface area contributed by atoms with Crippen LogP contribution in [0, 0.1) is 0 Å². The summed E-state index contributed by atoms with van der Waals surface area (Å²) in [6.45, 7) is 0. The molecule has 0 saturated heterocycles. The summed E-state index contributed by atoms with van der Waals surface area (Å²) in [6, 6.07) is 62.5. The fourth-order valence-electron chi connectivity index (χ4n) is 7.27. The fraction of sp³-hybridized carbons (Fsp3) is 0. The molecule has 3 nitrogen and oxygen atoms in total. The van der Waals surface area contributed by atoms with Gasteiger partial charge in [-0.1, -0.05) is 133 Å². The molecule has 0 atom stereocenters. The van der Waals surface area contributed by atoms with E-state index in [1.165, 1.54) is 47.5 Å². The van der Waals surface area contributed by atoms with Crippen molar-refractivity contribution in [1.82, 2.24) is 14.5 Å². The molecule has 0 spiro atoms. The highest BCUT2D eigenvalue weighted by Gasteiger charge is 2.20. The molecule has 50 heavy (non-hydrogen) atoms. The molecule has 0 aliphatic heterocycles. The molecular formula is C46H29N3S. The lowest BCUT2D eigenvalue weighted by Crippen LogP contribution is -1.99. The summed E-state index contributed by atoms with van der Waals surface area (Å²) in [6.07, 6.45) is 0. The van der Waals surface area contributed by atoms with Gasteiger partial charge >= 0.3 is 0 Å². The van der Waals surface area contributed by atoms with Gasteiger partial charge in [0.25, 0.3) is 0 Å². The van der Waals surface area contributed by atoms with Gasteiger partial charge in [-0.3, -0.25) is 0 Å². The quantitative estimate of drug-likeness (QED) is 0.185. The standard InChI is InChI=1S/C46H29N3S/c1-3-14-30(15-4-1)32-18-13-19-33(26-32)41-29-40(31-16-5-2-6-17-31)47-46(48-41)39-28-34(27-38-37-22-9-12-25-44(37)50-45(38)39)49-42-23-10-7-20-35(42)36-21-8-11-24-43(36)49/h1-29H. The monoisotopic (exact) mass is 655 g/mol. The van der Waals surface area contributed by atoms with Crippen LogP contribution >= 0.6 is 11.3 Å². The molecule has 10 rings (SSSR count). The van der Waals surface area contributed by atoms with Gasteiger partial charge in [-0.2, -0.15) is 0 Å². The molecule has 3 heterocycles. The average molecular weight is 656 g/mol. The van der Waals surface area contributed by atoms with Gasteiger partial charge in [-0.05, 0) is 53.6 Å². The molecule has 7 aromatic carbocycles. The largest absolute Gasteiger partial charge is 0.309 e. The Balaban J connectivity index is 1.27.